The summed E-state index contributed by atoms with van der Waals surface area (Å²) in [4.78, 5) is 16.4. The van der Waals surface area contributed by atoms with Gasteiger partial charge in [0.1, 0.15) is 6.04 Å². The second kappa shape index (κ2) is 5.70. The molecule has 1 N–H and O–H groups in total. The lowest BCUT2D eigenvalue weighted by molar-refractivity contribution is 0.633. The molecular weight excluding hydrogens is 328 g/mol. The van der Waals surface area contributed by atoms with Crippen LogP contribution in [0.15, 0.2) is 54.2 Å². The van der Waals surface area contributed by atoms with Crippen LogP contribution >= 0.6 is 11.3 Å². The third-order valence-corrected chi connectivity index (χ3v) is 5.97. The first-order valence-electron chi connectivity index (χ1n) is 8.49. The van der Waals surface area contributed by atoms with Crippen LogP contribution in [0.4, 0.5) is 5.95 Å². The number of anilines is 1. The Hall–Kier alpha value is -2.66. The van der Waals surface area contributed by atoms with Gasteiger partial charge in [0.05, 0.1) is 0 Å². The molecule has 0 fully saturated rings. The van der Waals surface area contributed by atoms with Crippen LogP contribution in [0.2, 0.25) is 0 Å². The van der Waals surface area contributed by atoms with E-state index >= 15 is 0 Å². The van der Waals surface area contributed by atoms with Gasteiger partial charge in [-0.1, -0.05) is 18.2 Å². The highest BCUT2D eigenvalue weighted by atomic mass is 32.1. The second-order valence-corrected chi connectivity index (χ2v) is 7.43. The quantitative estimate of drug-likeness (QED) is 0.582. The Morgan fingerprint density at radius 2 is 2.00 bits per heavy atom. The van der Waals surface area contributed by atoms with Crippen molar-refractivity contribution < 1.29 is 0 Å². The van der Waals surface area contributed by atoms with Gasteiger partial charge >= 0.3 is 0 Å². The number of fused-ring (bicyclic) bond motifs is 3. The highest BCUT2D eigenvalue weighted by Gasteiger charge is 2.33. The summed E-state index contributed by atoms with van der Waals surface area (Å²) >= 11 is 1.81. The van der Waals surface area contributed by atoms with Crippen LogP contribution < -0.4 is 4.90 Å². The summed E-state index contributed by atoms with van der Waals surface area (Å²) in [5.41, 5.74) is 5.22. The fourth-order valence-corrected chi connectivity index (χ4v) is 4.81. The van der Waals surface area contributed by atoms with Crippen molar-refractivity contribution in [1.29, 1.82) is 0 Å². The van der Waals surface area contributed by atoms with Gasteiger partial charge in [0.15, 0.2) is 0 Å². The third kappa shape index (κ3) is 2.35. The maximum absolute atomic E-state index is 4.52. The molecule has 5 rings (SSSR count). The minimum absolute atomic E-state index is 0.136. The molecule has 0 amide bonds. The van der Waals surface area contributed by atoms with Gasteiger partial charge in [-0.15, -0.1) is 11.3 Å². The van der Waals surface area contributed by atoms with E-state index < -0.39 is 0 Å². The molecule has 0 bridgehead atoms. The Morgan fingerprint density at radius 3 is 2.80 bits per heavy atom. The van der Waals surface area contributed by atoms with Gasteiger partial charge in [-0.05, 0) is 48.1 Å². The van der Waals surface area contributed by atoms with Gasteiger partial charge in [-0.3, -0.25) is 0 Å². The minimum atomic E-state index is 0.136. The number of nitrogens with zero attached hydrogens (tertiary/aromatic N) is 3. The first-order chi connectivity index (χ1) is 12.3. The molecule has 1 unspecified atom stereocenters. The standard InChI is InChI=1S/C20H18N4S/c1-13-11-17(25-12-13)19-18-15(14-5-2-3-6-16(14)23-18)7-10-24(19)20-21-8-4-9-22-20/h2-6,8-9,11-12,19,23H,7,10H2,1H3. The van der Waals surface area contributed by atoms with Crippen molar-refractivity contribution in [3.05, 3.63) is 75.9 Å². The normalized spacial score (nSPS) is 17.0. The summed E-state index contributed by atoms with van der Waals surface area (Å²) in [5, 5.41) is 3.56. The maximum atomic E-state index is 4.52. The Kier molecular flexibility index (Phi) is 3.35. The number of benzene rings is 1. The van der Waals surface area contributed by atoms with Crippen LogP contribution in [0.1, 0.15) is 27.7 Å². The van der Waals surface area contributed by atoms with Crippen molar-refractivity contribution in [2.24, 2.45) is 0 Å². The molecule has 1 atom stereocenters. The Morgan fingerprint density at radius 1 is 1.16 bits per heavy atom. The number of aromatic nitrogens is 3. The zero-order valence-electron chi connectivity index (χ0n) is 13.9. The highest BCUT2D eigenvalue weighted by molar-refractivity contribution is 7.10. The van der Waals surface area contributed by atoms with E-state index in [4.69, 9.17) is 0 Å². The van der Waals surface area contributed by atoms with Crippen LogP contribution in [0.25, 0.3) is 10.9 Å². The number of hydrogen-bond acceptors (Lipinski definition) is 4. The summed E-state index contributed by atoms with van der Waals surface area (Å²) < 4.78 is 0. The van der Waals surface area contributed by atoms with E-state index in [2.05, 4.69) is 62.5 Å². The van der Waals surface area contributed by atoms with E-state index in [0.29, 0.717) is 0 Å². The Labute approximate surface area is 150 Å². The summed E-state index contributed by atoms with van der Waals surface area (Å²) in [6.45, 7) is 3.07. The molecule has 1 aromatic carbocycles. The molecule has 4 nitrogen and oxygen atoms in total. The van der Waals surface area contributed by atoms with E-state index in [1.807, 2.05) is 29.8 Å². The molecule has 0 spiro atoms. The summed E-state index contributed by atoms with van der Waals surface area (Å²) in [5.74, 6) is 0.794. The maximum Gasteiger partial charge on any atom is 0.226 e. The van der Waals surface area contributed by atoms with Crippen LogP contribution in [0.3, 0.4) is 0 Å². The average Bonchev–Trinajstić information content (AvgIpc) is 3.25. The lowest BCUT2D eigenvalue weighted by Gasteiger charge is -2.35. The van der Waals surface area contributed by atoms with Crippen LogP contribution in [-0.2, 0) is 6.42 Å². The molecule has 0 saturated carbocycles. The smallest absolute Gasteiger partial charge is 0.226 e. The van der Waals surface area contributed by atoms with Gasteiger partial charge in [0, 0.05) is 40.4 Å². The van der Waals surface area contributed by atoms with Crippen LogP contribution in [-0.4, -0.2) is 21.5 Å². The summed E-state index contributed by atoms with van der Waals surface area (Å²) in [7, 11) is 0. The fourth-order valence-electron chi connectivity index (χ4n) is 3.79. The predicted molar refractivity (Wildman–Crippen MR) is 102 cm³/mol. The van der Waals surface area contributed by atoms with Gasteiger partial charge in [-0.25, -0.2) is 9.97 Å². The number of aryl methyl sites for hydroxylation is 1. The van der Waals surface area contributed by atoms with Gasteiger partial charge < -0.3 is 9.88 Å². The zero-order chi connectivity index (χ0) is 16.8. The molecule has 4 heterocycles. The fraction of sp³-hybridized carbons (Fsp3) is 0.200. The van der Waals surface area contributed by atoms with Crippen molar-refractivity contribution in [1.82, 2.24) is 15.0 Å². The first-order valence-corrected chi connectivity index (χ1v) is 9.37. The molecule has 1 aliphatic heterocycles. The molecule has 5 heteroatoms. The molecular formula is C20H18N4S. The Balaban J connectivity index is 1.72. The van der Waals surface area contributed by atoms with Crippen molar-refractivity contribution in [3.8, 4) is 0 Å². The minimum Gasteiger partial charge on any atom is -0.356 e. The van der Waals surface area contributed by atoms with Crippen molar-refractivity contribution >= 4 is 28.2 Å². The molecule has 0 radical (unpaired) electrons. The van der Waals surface area contributed by atoms with Crippen molar-refractivity contribution in [3.63, 3.8) is 0 Å². The number of para-hydroxylation sites is 1. The second-order valence-electron chi connectivity index (χ2n) is 6.48. The molecule has 124 valence electrons. The summed E-state index contributed by atoms with van der Waals surface area (Å²) in [6.07, 6.45) is 4.64. The topological polar surface area (TPSA) is 44.8 Å². The van der Waals surface area contributed by atoms with Gasteiger partial charge in [0.2, 0.25) is 5.95 Å². The van der Waals surface area contributed by atoms with Gasteiger partial charge in [-0.2, -0.15) is 0 Å². The van der Waals surface area contributed by atoms with Crippen LogP contribution in [0, 0.1) is 6.92 Å². The molecule has 0 saturated heterocycles. The molecule has 1 aliphatic rings. The largest absolute Gasteiger partial charge is 0.356 e. The monoisotopic (exact) mass is 346 g/mol. The lowest BCUT2D eigenvalue weighted by Crippen LogP contribution is -2.36. The molecule has 3 aromatic heterocycles. The van der Waals surface area contributed by atoms with E-state index in [1.54, 1.807) is 0 Å². The van der Waals surface area contributed by atoms with E-state index in [1.165, 1.54) is 32.6 Å². The summed E-state index contributed by atoms with van der Waals surface area (Å²) in [6, 6.07) is 12.9. The van der Waals surface area contributed by atoms with Crippen molar-refractivity contribution in [2.75, 3.05) is 11.4 Å². The van der Waals surface area contributed by atoms with Gasteiger partial charge in [0.25, 0.3) is 0 Å². The third-order valence-electron chi connectivity index (χ3n) is 4.86. The van der Waals surface area contributed by atoms with E-state index in [-0.39, 0.29) is 6.04 Å². The molecule has 4 aromatic rings. The number of hydrogen-bond donors (Lipinski definition) is 1. The Bertz CT molecular complexity index is 1030. The average molecular weight is 346 g/mol. The number of rotatable bonds is 2. The number of aromatic amines is 1. The first kappa shape index (κ1) is 14.7. The number of thiophene rings is 1. The highest BCUT2D eigenvalue weighted by Crippen LogP contribution is 2.41. The molecule has 0 aliphatic carbocycles. The lowest BCUT2D eigenvalue weighted by atomic mass is 9.96. The predicted octanol–water partition coefficient (Wildman–Crippen LogP) is 4.48. The van der Waals surface area contributed by atoms with E-state index in [0.717, 1.165) is 18.9 Å². The number of nitrogens with one attached hydrogen (secondary N) is 1. The zero-order valence-corrected chi connectivity index (χ0v) is 14.8. The van der Waals surface area contributed by atoms with Crippen LogP contribution in [0.5, 0.6) is 0 Å². The SMILES string of the molecule is Cc1csc(C2c3[nH]c4ccccc4c3CCN2c2ncccn2)c1. The van der Waals surface area contributed by atoms with Crippen molar-refractivity contribution in [2.45, 2.75) is 19.4 Å². The molecule has 25 heavy (non-hydrogen) atoms. The van der Waals surface area contributed by atoms with E-state index in [9.17, 15) is 0 Å². The number of H-pyrrole nitrogens is 1.